The summed E-state index contributed by atoms with van der Waals surface area (Å²) in [6.45, 7) is 7.73. The fraction of sp³-hybridized carbons (Fsp3) is 0.333. The Kier molecular flexibility index (Phi) is 5.56. The van der Waals surface area contributed by atoms with Gasteiger partial charge in [-0.05, 0) is 45.9 Å². The lowest BCUT2D eigenvalue weighted by Gasteiger charge is -2.14. The Hall–Kier alpha value is -2.70. The number of nitrogens with zero attached hydrogens (tertiary/aromatic N) is 1. The Morgan fingerprint density at radius 2 is 1.92 bits per heavy atom. The van der Waals surface area contributed by atoms with Crippen LogP contribution < -0.4 is 5.32 Å². The highest BCUT2D eigenvalue weighted by Gasteiger charge is 2.23. The summed E-state index contributed by atoms with van der Waals surface area (Å²) in [5, 5.41) is 2.27. The zero-order valence-electron chi connectivity index (χ0n) is 14.5. The fourth-order valence-electron chi connectivity index (χ4n) is 2.60. The summed E-state index contributed by atoms with van der Waals surface area (Å²) >= 11 is 0. The number of esters is 1. The number of amides is 1. The number of ether oxygens (including phenoxy) is 1. The molecule has 1 heterocycles. The van der Waals surface area contributed by atoms with Crippen molar-refractivity contribution in [3.8, 4) is 0 Å². The number of anilines is 1. The molecule has 5 nitrogen and oxygen atoms in total. The Balaban J connectivity index is 2.07. The maximum atomic E-state index is 13.6. The van der Waals surface area contributed by atoms with Crippen molar-refractivity contribution >= 4 is 17.6 Å². The van der Waals surface area contributed by atoms with Gasteiger partial charge in [-0.3, -0.25) is 4.79 Å². The zero-order valence-corrected chi connectivity index (χ0v) is 14.5. The van der Waals surface area contributed by atoms with Crippen molar-refractivity contribution in [2.24, 2.45) is 0 Å². The largest absolute Gasteiger partial charge is 0.449 e. The van der Waals surface area contributed by atoms with Gasteiger partial charge < -0.3 is 14.6 Å². The van der Waals surface area contributed by atoms with Crippen molar-refractivity contribution in [2.45, 2.75) is 40.3 Å². The van der Waals surface area contributed by atoms with Crippen LogP contribution in [-0.2, 0) is 16.1 Å². The van der Waals surface area contributed by atoms with E-state index in [1.165, 1.54) is 6.92 Å². The Morgan fingerprint density at radius 3 is 2.48 bits per heavy atom. The smallest absolute Gasteiger partial charge is 0.340 e. The van der Waals surface area contributed by atoms with E-state index in [1.54, 1.807) is 13.0 Å². The van der Waals surface area contributed by atoms with Crippen LogP contribution in [0.15, 0.2) is 24.3 Å². The molecule has 2 aromatic rings. The number of halogens is 2. The Labute approximate surface area is 144 Å². The number of rotatable bonds is 5. The van der Waals surface area contributed by atoms with E-state index in [2.05, 4.69) is 5.32 Å². The molecular formula is C18H20F2N2O3. The van der Waals surface area contributed by atoms with Gasteiger partial charge in [0.2, 0.25) is 0 Å². The Morgan fingerprint density at radius 1 is 1.24 bits per heavy atom. The number of carbonyl (C=O) groups excluding carboxylic acids is 2. The molecule has 0 spiro atoms. The van der Waals surface area contributed by atoms with Gasteiger partial charge in [0.15, 0.2) is 6.10 Å². The first-order valence-corrected chi connectivity index (χ1v) is 7.88. The van der Waals surface area contributed by atoms with Gasteiger partial charge in [-0.2, -0.15) is 0 Å². The normalized spacial score (nSPS) is 11.9. The molecule has 0 saturated carbocycles. The van der Waals surface area contributed by atoms with E-state index in [0.717, 1.165) is 23.5 Å². The van der Waals surface area contributed by atoms with Gasteiger partial charge in [-0.1, -0.05) is 0 Å². The third-order valence-electron chi connectivity index (χ3n) is 3.95. The number of hydrogen-bond donors (Lipinski definition) is 1. The van der Waals surface area contributed by atoms with Crippen LogP contribution in [0, 0.1) is 25.5 Å². The van der Waals surface area contributed by atoms with Crippen molar-refractivity contribution in [2.75, 3.05) is 5.32 Å². The van der Waals surface area contributed by atoms with Crippen molar-refractivity contribution < 1.29 is 23.1 Å². The number of carbonyl (C=O) groups is 2. The van der Waals surface area contributed by atoms with Gasteiger partial charge in [0, 0.05) is 24.0 Å². The molecular weight excluding hydrogens is 330 g/mol. The molecule has 1 aromatic heterocycles. The molecule has 0 aliphatic heterocycles. The second-order valence-corrected chi connectivity index (χ2v) is 5.69. The van der Waals surface area contributed by atoms with Crippen LogP contribution >= 0.6 is 0 Å². The molecule has 1 N–H and O–H groups in total. The van der Waals surface area contributed by atoms with E-state index in [0.29, 0.717) is 18.2 Å². The summed E-state index contributed by atoms with van der Waals surface area (Å²) in [6, 6.07) is 4.48. The predicted molar refractivity (Wildman–Crippen MR) is 89.4 cm³/mol. The molecule has 0 aliphatic carbocycles. The molecule has 0 aliphatic rings. The summed E-state index contributed by atoms with van der Waals surface area (Å²) < 4.78 is 33.6. The molecule has 0 unspecified atom stereocenters. The highest BCUT2D eigenvalue weighted by atomic mass is 19.1. The monoisotopic (exact) mass is 350 g/mol. The minimum atomic E-state index is -1.14. The number of hydrogen-bond acceptors (Lipinski definition) is 3. The van der Waals surface area contributed by atoms with Crippen LogP contribution in [0.1, 0.15) is 35.6 Å². The lowest BCUT2D eigenvalue weighted by molar-refractivity contribution is -0.123. The Bertz CT molecular complexity index is 815. The first-order chi connectivity index (χ1) is 11.7. The number of aromatic nitrogens is 1. The summed E-state index contributed by atoms with van der Waals surface area (Å²) in [6.07, 6.45) is -1.14. The summed E-state index contributed by atoms with van der Waals surface area (Å²) in [4.78, 5) is 24.4. The summed E-state index contributed by atoms with van der Waals surface area (Å²) in [7, 11) is 0. The van der Waals surface area contributed by atoms with Gasteiger partial charge in [-0.15, -0.1) is 0 Å². The molecule has 0 fully saturated rings. The second-order valence-electron chi connectivity index (χ2n) is 5.69. The van der Waals surface area contributed by atoms with Gasteiger partial charge in [-0.25, -0.2) is 13.6 Å². The first kappa shape index (κ1) is 18.6. The van der Waals surface area contributed by atoms with E-state index >= 15 is 0 Å². The topological polar surface area (TPSA) is 60.3 Å². The third-order valence-corrected chi connectivity index (χ3v) is 3.95. The van der Waals surface area contributed by atoms with Gasteiger partial charge >= 0.3 is 5.97 Å². The van der Waals surface area contributed by atoms with E-state index in [4.69, 9.17) is 4.74 Å². The minimum Gasteiger partial charge on any atom is -0.449 e. The van der Waals surface area contributed by atoms with Crippen molar-refractivity contribution in [3.63, 3.8) is 0 Å². The fourth-order valence-corrected chi connectivity index (χ4v) is 2.60. The van der Waals surface area contributed by atoms with Gasteiger partial charge in [0.25, 0.3) is 5.91 Å². The molecule has 1 atom stereocenters. The van der Waals surface area contributed by atoms with Gasteiger partial charge in [0.1, 0.15) is 11.6 Å². The predicted octanol–water partition coefficient (Wildman–Crippen LogP) is 3.59. The molecule has 25 heavy (non-hydrogen) atoms. The van der Waals surface area contributed by atoms with E-state index in [9.17, 15) is 18.4 Å². The quantitative estimate of drug-likeness (QED) is 0.839. The maximum Gasteiger partial charge on any atom is 0.340 e. The number of aryl methyl sites for hydroxylation is 1. The second kappa shape index (κ2) is 7.46. The van der Waals surface area contributed by atoms with Crippen LogP contribution in [0.3, 0.4) is 0 Å². The standard InChI is InChI=1S/C18H20F2N2O3/c1-5-22-10(2)8-14(11(22)3)18(24)25-12(4)17(23)21-16-7-6-13(19)9-15(16)20/h6-9,12H,5H2,1-4H3,(H,21,23)/t12-/m0/s1. The van der Waals surface area contributed by atoms with Crippen molar-refractivity contribution in [1.29, 1.82) is 0 Å². The van der Waals surface area contributed by atoms with Crippen LogP contribution in [-0.4, -0.2) is 22.5 Å². The van der Waals surface area contributed by atoms with E-state index < -0.39 is 29.6 Å². The number of nitrogens with one attached hydrogen (secondary N) is 1. The average molecular weight is 350 g/mol. The maximum absolute atomic E-state index is 13.6. The van der Waals surface area contributed by atoms with Crippen molar-refractivity contribution in [1.82, 2.24) is 4.57 Å². The summed E-state index contributed by atoms with van der Waals surface area (Å²) in [5.74, 6) is -2.99. The average Bonchev–Trinajstić information content (AvgIpc) is 2.84. The van der Waals surface area contributed by atoms with Crippen LogP contribution in [0.2, 0.25) is 0 Å². The van der Waals surface area contributed by atoms with Crippen LogP contribution in [0.5, 0.6) is 0 Å². The highest BCUT2D eigenvalue weighted by molar-refractivity contribution is 5.97. The molecule has 134 valence electrons. The van der Waals surface area contributed by atoms with Crippen LogP contribution in [0.4, 0.5) is 14.5 Å². The minimum absolute atomic E-state index is 0.182. The zero-order chi connectivity index (χ0) is 18.7. The van der Waals surface area contributed by atoms with E-state index in [-0.39, 0.29) is 5.69 Å². The SMILES string of the molecule is CCn1c(C)cc(C(=O)O[C@@H](C)C(=O)Nc2ccc(F)cc2F)c1C. The van der Waals surface area contributed by atoms with Crippen molar-refractivity contribution in [3.05, 3.63) is 52.9 Å². The number of benzene rings is 1. The molecule has 0 radical (unpaired) electrons. The summed E-state index contributed by atoms with van der Waals surface area (Å²) in [5.41, 5.74) is 1.87. The lowest BCUT2D eigenvalue weighted by Crippen LogP contribution is -2.30. The molecule has 0 saturated heterocycles. The molecule has 7 heteroatoms. The van der Waals surface area contributed by atoms with Gasteiger partial charge in [0.05, 0.1) is 11.3 Å². The molecule has 1 amide bonds. The third kappa shape index (κ3) is 4.04. The van der Waals surface area contributed by atoms with Crippen LogP contribution in [0.25, 0.3) is 0 Å². The molecule has 2 rings (SSSR count). The first-order valence-electron chi connectivity index (χ1n) is 7.88. The lowest BCUT2D eigenvalue weighted by atomic mass is 10.2. The molecule has 1 aromatic carbocycles. The molecule has 0 bridgehead atoms. The van der Waals surface area contributed by atoms with E-state index in [1.807, 2.05) is 18.4 Å². The highest BCUT2D eigenvalue weighted by Crippen LogP contribution is 2.18.